The highest BCUT2D eigenvalue weighted by molar-refractivity contribution is 7.89. The van der Waals surface area contributed by atoms with Crippen LogP contribution in [0.4, 0.5) is 17.2 Å². The van der Waals surface area contributed by atoms with Gasteiger partial charge in [-0.2, -0.15) is 0 Å². The Kier molecular flexibility index (Phi) is 8.79. The highest BCUT2D eigenvalue weighted by Crippen LogP contribution is 2.33. The Hall–Kier alpha value is -3.01. The Morgan fingerprint density at radius 1 is 1.05 bits per heavy atom. The molecule has 8 nitrogen and oxygen atoms in total. The predicted molar refractivity (Wildman–Crippen MR) is 148 cm³/mol. The number of ether oxygens (including phenoxy) is 2. The Morgan fingerprint density at radius 3 is 2.32 bits per heavy atom. The van der Waals surface area contributed by atoms with Gasteiger partial charge in [-0.1, -0.05) is 18.5 Å². The van der Waals surface area contributed by atoms with E-state index >= 15 is 0 Å². The summed E-state index contributed by atoms with van der Waals surface area (Å²) in [5, 5.41) is 4.05. The average Bonchev–Trinajstić information content (AvgIpc) is 2.90. The van der Waals surface area contributed by atoms with E-state index in [1.54, 1.807) is 6.07 Å². The summed E-state index contributed by atoms with van der Waals surface area (Å²) >= 11 is 5.98. The quantitative estimate of drug-likeness (QED) is 0.357. The summed E-state index contributed by atoms with van der Waals surface area (Å²) in [6.07, 6.45) is 4.06. The van der Waals surface area contributed by atoms with E-state index in [-0.39, 0.29) is 11.0 Å². The van der Waals surface area contributed by atoms with Gasteiger partial charge in [0.2, 0.25) is 10.0 Å². The van der Waals surface area contributed by atoms with Crippen molar-refractivity contribution in [3.05, 3.63) is 65.8 Å². The van der Waals surface area contributed by atoms with Gasteiger partial charge in [0.15, 0.2) is 5.82 Å². The van der Waals surface area contributed by atoms with Crippen molar-refractivity contribution in [3.8, 4) is 11.5 Å². The summed E-state index contributed by atoms with van der Waals surface area (Å²) in [6, 6.07) is 16.6. The molecule has 1 aliphatic heterocycles. The largest absolute Gasteiger partial charge is 0.494 e. The monoisotopic (exact) mass is 544 g/mol. The van der Waals surface area contributed by atoms with Crippen LogP contribution in [0.3, 0.4) is 0 Å². The first kappa shape index (κ1) is 27.0. The second-order valence-corrected chi connectivity index (χ2v) is 11.7. The number of benzene rings is 2. The van der Waals surface area contributed by atoms with Gasteiger partial charge in [-0.05, 0) is 61.0 Å². The Balaban J connectivity index is 1.53. The lowest BCUT2D eigenvalue weighted by molar-refractivity contribution is 0.171. The topological polar surface area (TPSA) is 84.0 Å². The minimum Gasteiger partial charge on any atom is -0.494 e. The number of nitrogens with one attached hydrogen (secondary N) is 1. The highest BCUT2D eigenvalue weighted by Gasteiger charge is 2.26. The summed E-state index contributed by atoms with van der Waals surface area (Å²) in [7, 11) is -0.618. The lowest BCUT2D eigenvalue weighted by Crippen LogP contribution is -2.39. The van der Waals surface area contributed by atoms with Crippen LogP contribution in [0.2, 0.25) is 5.02 Å². The minimum absolute atomic E-state index is 0.0814. The molecule has 4 rings (SSSR count). The van der Waals surface area contributed by atoms with E-state index in [1.165, 1.54) is 24.6 Å². The van der Waals surface area contributed by atoms with Gasteiger partial charge >= 0.3 is 0 Å². The molecule has 0 aliphatic carbocycles. The van der Waals surface area contributed by atoms with Crippen LogP contribution >= 0.6 is 11.6 Å². The zero-order chi connectivity index (χ0) is 26.4. The van der Waals surface area contributed by atoms with Crippen molar-refractivity contribution in [2.24, 2.45) is 0 Å². The highest BCUT2D eigenvalue weighted by atomic mass is 35.5. The van der Waals surface area contributed by atoms with Crippen molar-refractivity contribution in [2.75, 3.05) is 44.0 Å². The molecule has 0 bridgehead atoms. The van der Waals surface area contributed by atoms with Crippen LogP contribution in [-0.2, 0) is 10.0 Å². The maximum Gasteiger partial charge on any atom is 0.244 e. The first-order valence-corrected chi connectivity index (χ1v) is 14.2. The Morgan fingerprint density at radius 2 is 1.70 bits per heavy atom. The van der Waals surface area contributed by atoms with Crippen LogP contribution in [0.25, 0.3) is 0 Å². The molecule has 1 N–H and O–H groups in total. The number of halogens is 1. The normalized spacial score (nSPS) is 14.6. The maximum absolute atomic E-state index is 12.8. The molecule has 1 fully saturated rings. The first-order valence-electron chi connectivity index (χ1n) is 12.4. The van der Waals surface area contributed by atoms with Gasteiger partial charge in [0.25, 0.3) is 0 Å². The lowest BCUT2D eigenvalue weighted by atomic mass is 10.1. The molecule has 2 heterocycles. The second-order valence-electron chi connectivity index (χ2n) is 9.09. The molecule has 1 aromatic heterocycles. The van der Waals surface area contributed by atoms with E-state index in [4.69, 9.17) is 21.1 Å². The second kappa shape index (κ2) is 12.0. The molecule has 198 valence electrons. The maximum atomic E-state index is 12.8. The standard InChI is InChI=1S/C27H33ClN4O4S/c1-4-17-35-22-11-7-21(8-12-22)30-26-18-25(37(33,34)31(2)3)19-29-27(26)32-15-13-24(14-16-32)36-23-9-5-20(28)6-10-23/h5-12,18-19,24,30H,4,13-17H2,1-3H3. The van der Waals surface area contributed by atoms with Crippen LogP contribution in [0.1, 0.15) is 26.2 Å². The van der Waals surface area contributed by atoms with Crippen LogP contribution in [-0.4, -0.2) is 57.6 Å². The van der Waals surface area contributed by atoms with Gasteiger partial charge in [0, 0.05) is 56.9 Å². The molecule has 2 aromatic carbocycles. The number of rotatable bonds is 10. The van der Waals surface area contributed by atoms with E-state index in [1.807, 2.05) is 48.5 Å². The molecule has 0 atom stereocenters. The van der Waals surface area contributed by atoms with E-state index in [0.717, 1.165) is 49.5 Å². The molecule has 3 aromatic rings. The fourth-order valence-electron chi connectivity index (χ4n) is 4.04. The van der Waals surface area contributed by atoms with Gasteiger partial charge in [0.1, 0.15) is 22.5 Å². The molecule has 0 spiro atoms. The molecule has 0 unspecified atom stereocenters. The number of pyridine rings is 1. The number of piperidine rings is 1. The number of nitrogens with zero attached hydrogens (tertiary/aromatic N) is 3. The average molecular weight is 545 g/mol. The van der Waals surface area contributed by atoms with Gasteiger partial charge < -0.3 is 19.7 Å². The minimum atomic E-state index is -3.64. The molecule has 0 amide bonds. The summed E-state index contributed by atoms with van der Waals surface area (Å²) < 4.78 is 38.6. The number of anilines is 3. The van der Waals surface area contributed by atoms with Crippen molar-refractivity contribution in [3.63, 3.8) is 0 Å². The van der Waals surface area contributed by atoms with Gasteiger partial charge in [-0.3, -0.25) is 0 Å². The molecular weight excluding hydrogens is 512 g/mol. The van der Waals surface area contributed by atoms with Crippen LogP contribution < -0.4 is 19.7 Å². The van der Waals surface area contributed by atoms with Crippen molar-refractivity contribution < 1.29 is 17.9 Å². The third kappa shape index (κ3) is 6.85. The summed E-state index contributed by atoms with van der Waals surface area (Å²) in [5.41, 5.74) is 1.44. The summed E-state index contributed by atoms with van der Waals surface area (Å²) in [6.45, 7) is 4.17. The lowest BCUT2D eigenvalue weighted by Gasteiger charge is -2.34. The summed E-state index contributed by atoms with van der Waals surface area (Å²) in [4.78, 5) is 6.89. The van der Waals surface area contributed by atoms with Crippen molar-refractivity contribution in [2.45, 2.75) is 37.2 Å². The van der Waals surface area contributed by atoms with Gasteiger partial charge in [-0.25, -0.2) is 17.7 Å². The van der Waals surface area contributed by atoms with Crippen LogP contribution in [0.15, 0.2) is 65.7 Å². The third-order valence-corrected chi connectivity index (χ3v) is 8.12. The molecule has 1 saturated heterocycles. The molecule has 0 saturated carbocycles. The molecular formula is C27H33ClN4O4S. The number of sulfonamides is 1. The van der Waals surface area contributed by atoms with Crippen molar-refractivity contribution >= 4 is 38.8 Å². The number of hydrogen-bond acceptors (Lipinski definition) is 7. The third-order valence-electron chi connectivity index (χ3n) is 6.08. The van der Waals surface area contributed by atoms with E-state index in [0.29, 0.717) is 23.1 Å². The Labute approximate surface area is 224 Å². The fraction of sp³-hybridized carbons (Fsp3) is 0.370. The van der Waals surface area contributed by atoms with Crippen LogP contribution in [0.5, 0.6) is 11.5 Å². The molecule has 10 heteroatoms. The Bertz CT molecular complexity index is 1280. The van der Waals surface area contributed by atoms with E-state index in [2.05, 4.69) is 22.1 Å². The van der Waals surface area contributed by atoms with Gasteiger partial charge in [-0.15, -0.1) is 0 Å². The number of hydrogen-bond donors (Lipinski definition) is 1. The first-order chi connectivity index (χ1) is 17.8. The predicted octanol–water partition coefficient (Wildman–Crippen LogP) is 5.57. The summed E-state index contributed by atoms with van der Waals surface area (Å²) in [5.74, 6) is 2.29. The molecule has 1 aliphatic rings. The molecule has 0 radical (unpaired) electrons. The fourth-order valence-corrected chi connectivity index (χ4v) is 5.04. The zero-order valence-corrected chi connectivity index (χ0v) is 22.9. The molecule has 37 heavy (non-hydrogen) atoms. The van der Waals surface area contributed by atoms with Crippen LogP contribution in [0, 0.1) is 0 Å². The van der Waals surface area contributed by atoms with E-state index in [9.17, 15) is 8.42 Å². The van der Waals surface area contributed by atoms with Crippen molar-refractivity contribution in [1.29, 1.82) is 0 Å². The smallest absolute Gasteiger partial charge is 0.244 e. The SMILES string of the molecule is CCCOc1ccc(Nc2cc(S(=O)(=O)N(C)C)cnc2N2CCC(Oc3ccc(Cl)cc3)CC2)cc1. The van der Waals surface area contributed by atoms with E-state index < -0.39 is 10.0 Å². The van der Waals surface area contributed by atoms with Gasteiger partial charge in [0.05, 0.1) is 12.3 Å². The van der Waals surface area contributed by atoms with Crippen molar-refractivity contribution in [1.82, 2.24) is 9.29 Å². The number of aromatic nitrogens is 1. The zero-order valence-electron chi connectivity index (χ0n) is 21.4.